The Kier molecular flexibility index (Phi) is 4.32. The van der Waals surface area contributed by atoms with E-state index < -0.39 is 0 Å². The molecule has 0 fully saturated rings. The van der Waals surface area contributed by atoms with Gasteiger partial charge in [-0.05, 0) is 29.6 Å². The molecule has 0 aliphatic heterocycles. The second kappa shape index (κ2) is 6.93. The minimum absolute atomic E-state index is 0.120. The van der Waals surface area contributed by atoms with Gasteiger partial charge >= 0.3 is 0 Å². The van der Waals surface area contributed by atoms with Crippen LogP contribution in [0.4, 0.5) is 5.69 Å². The number of aromatic amines is 1. The largest absolute Gasteiger partial charge is 0.326 e. The average molecular weight is 365 g/mol. The van der Waals surface area contributed by atoms with E-state index in [2.05, 4.69) is 20.5 Å². The molecule has 3 aromatic heterocycles. The molecule has 1 aromatic carbocycles. The van der Waals surface area contributed by atoms with Gasteiger partial charge in [-0.2, -0.15) is 5.10 Å². The van der Waals surface area contributed by atoms with Crippen LogP contribution in [0.15, 0.2) is 59.1 Å². The van der Waals surface area contributed by atoms with E-state index in [0.29, 0.717) is 15.9 Å². The highest BCUT2D eigenvalue weighted by Gasteiger charge is 2.08. The predicted molar refractivity (Wildman–Crippen MR) is 101 cm³/mol. The van der Waals surface area contributed by atoms with Gasteiger partial charge < -0.3 is 5.32 Å². The topological polar surface area (TPSA) is 92.7 Å². The molecule has 130 valence electrons. The lowest BCUT2D eigenvalue weighted by molar-refractivity contribution is -0.116. The molecule has 0 atom stereocenters. The fraction of sp³-hybridized carbons (Fsp3) is 0.111. The predicted octanol–water partition coefficient (Wildman–Crippen LogP) is 2.88. The molecule has 0 bridgehead atoms. The lowest BCUT2D eigenvalue weighted by atomic mass is 10.1. The molecule has 4 aromatic rings. The summed E-state index contributed by atoms with van der Waals surface area (Å²) in [6, 6.07) is 11.1. The first-order valence-corrected chi connectivity index (χ1v) is 8.91. The van der Waals surface area contributed by atoms with Crippen LogP contribution in [0, 0.1) is 0 Å². The molecule has 0 unspecified atom stereocenters. The fourth-order valence-electron chi connectivity index (χ4n) is 2.68. The SMILES string of the molecule is O=C(CCn1cnc2sccc2c1=O)Nc1cccc(-c2ccn[nH]2)c1. The molecule has 0 saturated heterocycles. The van der Waals surface area contributed by atoms with Gasteiger partial charge in [-0.3, -0.25) is 19.3 Å². The van der Waals surface area contributed by atoms with E-state index in [0.717, 1.165) is 11.3 Å². The summed E-state index contributed by atoms with van der Waals surface area (Å²) in [7, 11) is 0. The molecular weight excluding hydrogens is 350 g/mol. The maximum absolute atomic E-state index is 12.3. The standard InChI is InChI=1S/C18H15N5O2S/c24-16(5-8-23-11-19-17-14(18(23)25)6-9-26-17)21-13-3-1-2-12(10-13)15-4-7-20-22-15/h1-4,6-7,9-11H,5,8H2,(H,20,22)(H,21,24). The minimum Gasteiger partial charge on any atom is -0.326 e. The van der Waals surface area contributed by atoms with Crippen LogP contribution in [0.5, 0.6) is 0 Å². The van der Waals surface area contributed by atoms with E-state index in [1.54, 1.807) is 12.3 Å². The molecule has 1 amide bonds. The fourth-order valence-corrected chi connectivity index (χ4v) is 3.40. The summed E-state index contributed by atoms with van der Waals surface area (Å²) in [5.74, 6) is -0.163. The Morgan fingerprint density at radius 2 is 2.19 bits per heavy atom. The maximum atomic E-state index is 12.3. The first-order chi connectivity index (χ1) is 12.7. The Bertz CT molecular complexity index is 1110. The van der Waals surface area contributed by atoms with Gasteiger partial charge in [0.25, 0.3) is 5.56 Å². The van der Waals surface area contributed by atoms with Crippen LogP contribution >= 0.6 is 11.3 Å². The van der Waals surface area contributed by atoms with Gasteiger partial charge in [0, 0.05) is 30.4 Å². The normalized spacial score (nSPS) is 10.9. The molecule has 0 saturated carbocycles. The quantitative estimate of drug-likeness (QED) is 0.569. The Balaban J connectivity index is 1.43. The number of rotatable bonds is 5. The molecule has 0 spiro atoms. The van der Waals surface area contributed by atoms with Crippen molar-refractivity contribution in [1.29, 1.82) is 0 Å². The van der Waals surface area contributed by atoms with Crippen LogP contribution in [0.25, 0.3) is 21.5 Å². The average Bonchev–Trinajstić information content (AvgIpc) is 3.33. The minimum atomic E-state index is -0.163. The van der Waals surface area contributed by atoms with Gasteiger partial charge in [-0.1, -0.05) is 12.1 Å². The van der Waals surface area contributed by atoms with Crippen molar-refractivity contribution in [3.8, 4) is 11.3 Å². The molecule has 0 radical (unpaired) electrons. The Morgan fingerprint density at radius 3 is 3.04 bits per heavy atom. The smallest absolute Gasteiger partial charge is 0.262 e. The van der Waals surface area contributed by atoms with E-state index in [1.807, 2.05) is 35.7 Å². The number of anilines is 1. The van der Waals surface area contributed by atoms with Crippen LogP contribution in [0.3, 0.4) is 0 Å². The monoisotopic (exact) mass is 365 g/mol. The van der Waals surface area contributed by atoms with Crippen molar-refractivity contribution in [1.82, 2.24) is 19.7 Å². The number of aromatic nitrogens is 4. The van der Waals surface area contributed by atoms with Crippen LogP contribution in [-0.4, -0.2) is 25.7 Å². The molecule has 0 aliphatic rings. The van der Waals surface area contributed by atoms with Crippen molar-refractivity contribution in [3.05, 3.63) is 64.7 Å². The zero-order valence-electron chi connectivity index (χ0n) is 13.7. The summed E-state index contributed by atoms with van der Waals surface area (Å²) in [6.45, 7) is 0.281. The van der Waals surface area contributed by atoms with Crippen molar-refractivity contribution >= 4 is 33.1 Å². The number of H-pyrrole nitrogens is 1. The summed E-state index contributed by atoms with van der Waals surface area (Å²) in [6.07, 6.45) is 3.36. The number of thiophene rings is 1. The van der Waals surface area contributed by atoms with Gasteiger partial charge in [-0.15, -0.1) is 11.3 Å². The zero-order valence-corrected chi connectivity index (χ0v) is 14.5. The molecule has 0 aliphatic carbocycles. The number of hydrogen-bond acceptors (Lipinski definition) is 5. The first-order valence-electron chi connectivity index (χ1n) is 8.03. The van der Waals surface area contributed by atoms with E-state index in [-0.39, 0.29) is 24.4 Å². The highest BCUT2D eigenvalue weighted by molar-refractivity contribution is 7.16. The molecule has 8 heteroatoms. The third-order valence-corrected chi connectivity index (χ3v) is 4.81. The summed E-state index contributed by atoms with van der Waals surface area (Å²) in [5, 5.41) is 12.1. The number of carbonyl (C=O) groups excluding carboxylic acids is 1. The second-order valence-corrected chi connectivity index (χ2v) is 6.63. The van der Waals surface area contributed by atoms with E-state index in [1.165, 1.54) is 22.2 Å². The van der Waals surface area contributed by atoms with E-state index in [9.17, 15) is 9.59 Å². The van der Waals surface area contributed by atoms with E-state index in [4.69, 9.17) is 0 Å². The molecule has 3 heterocycles. The zero-order chi connectivity index (χ0) is 17.9. The summed E-state index contributed by atoms with van der Waals surface area (Å²) < 4.78 is 1.47. The van der Waals surface area contributed by atoms with Gasteiger partial charge in [0.2, 0.25) is 5.91 Å². The number of nitrogens with zero attached hydrogens (tertiary/aromatic N) is 3. The third kappa shape index (κ3) is 3.27. The summed E-state index contributed by atoms with van der Waals surface area (Å²) >= 11 is 1.43. The second-order valence-electron chi connectivity index (χ2n) is 5.73. The number of benzene rings is 1. The molecule has 26 heavy (non-hydrogen) atoms. The Hall–Kier alpha value is -3.26. The maximum Gasteiger partial charge on any atom is 0.262 e. The summed E-state index contributed by atoms with van der Waals surface area (Å²) in [4.78, 5) is 29.5. The Labute approximate surface area is 152 Å². The van der Waals surface area contributed by atoms with Crippen molar-refractivity contribution in [2.75, 3.05) is 5.32 Å². The number of aryl methyl sites for hydroxylation is 1. The van der Waals surface area contributed by atoms with Crippen molar-refractivity contribution in [3.63, 3.8) is 0 Å². The lowest BCUT2D eigenvalue weighted by Crippen LogP contribution is -2.23. The van der Waals surface area contributed by atoms with Gasteiger partial charge in [0.15, 0.2) is 0 Å². The van der Waals surface area contributed by atoms with Crippen LogP contribution < -0.4 is 10.9 Å². The van der Waals surface area contributed by atoms with Crippen molar-refractivity contribution in [2.45, 2.75) is 13.0 Å². The third-order valence-electron chi connectivity index (χ3n) is 3.99. The van der Waals surface area contributed by atoms with Crippen LogP contribution in [0.2, 0.25) is 0 Å². The van der Waals surface area contributed by atoms with E-state index >= 15 is 0 Å². The highest BCUT2D eigenvalue weighted by Crippen LogP contribution is 2.20. The summed E-state index contributed by atoms with van der Waals surface area (Å²) in [5.41, 5.74) is 2.39. The molecule has 7 nitrogen and oxygen atoms in total. The molecular formula is C18H15N5O2S. The highest BCUT2D eigenvalue weighted by atomic mass is 32.1. The number of amides is 1. The molecule has 4 rings (SSSR count). The van der Waals surface area contributed by atoms with Gasteiger partial charge in [-0.25, -0.2) is 4.98 Å². The first kappa shape index (κ1) is 16.2. The van der Waals surface area contributed by atoms with Crippen LogP contribution in [0.1, 0.15) is 6.42 Å². The molecule has 2 N–H and O–H groups in total. The number of fused-ring (bicyclic) bond motifs is 1. The number of carbonyl (C=O) groups is 1. The van der Waals surface area contributed by atoms with Gasteiger partial charge in [0.05, 0.1) is 17.4 Å². The number of nitrogens with one attached hydrogen (secondary N) is 2. The van der Waals surface area contributed by atoms with Crippen molar-refractivity contribution in [2.24, 2.45) is 0 Å². The van der Waals surface area contributed by atoms with Crippen molar-refractivity contribution < 1.29 is 4.79 Å². The van der Waals surface area contributed by atoms with Gasteiger partial charge in [0.1, 0.15) is 4.83 Å². The number of hydrogen-bond donors (Lipinski definition) is 2. The Morgan fingerprint density at radius 1 is 1.27 bits per heavy atom. The van der Waals surface area contributed by atoms with Crippen LogP contribution in [-0.2, 0) is 11.3 Å². The lowest BCUT2D eigenvalue weighted by Gasteiger charge is -2.08.